The summed E-state index contributed by atoms with van der Waals surface area (Å²) in [5.41, 5.74) is 1.67. The number of hydrogen-bond donors (Lipinski definition) is 3. The molecular formula is C32H37N3O4. The summed E-state index contributed by atoms with van der Waals surface area (Å²) in [7, 11) is 0. The van der Waals surface area contributed by atoms with Gasteiger partial charge in [-0.15, -0.1) is 0 Å². The Morgan fingerprint density at radius 1 is 0.667 bits per heavy atom. The molecule has 0 aliphatic heterocycles. The van der Waals surface area contributed by atoms with Crippen LogP contribution in [0.1, 0.15) is 57.2 Å². The Balaban J connectivity index is 1.93. The van der Waals surface area contributed by atoms with E-state index in [4.69, 9.17) is 0 Å². The number of amides is 3. The molecule has 0 spiro atoms. The maximum absolute atomic E-state index is 13.6. The smallest absolute Gasteiger partial charge is 0.243 e. The van der Waals surface area contributed by atoms with Crippen molar-refractivity contribution in [2.75, 3.05) is 0 Å². The molecule has 0 radical (unpaired) electrons. The summed E-state index contributed by atoms with van der Waals surface area (Å²) >= 11 is 0. The van der Waals surface area contributed by atoms with Crippen molar-refractivity contribution in [2.24, 2.45) is 5.92 Å². The summed E-state index contributed by atoms with van der Waals surface area (Å²) in [4.78, 5) is 50.8. The van der Waals surface area contributed by atoms with Crippen molar-refractivity contribution >= 4 is 23.5 Å². The Hall–Kier alpha value is -4.26. The first-order chi connectivity index (χ1) is 18.6. The van der Waals surface area contributed by atoms with Crippen LogP contribution in [0.25, 0.3) is 0 Å². The molecule has 3 aromatic rings. The summed E-state index contributed by atoms with van der Waals surface area (Å²) < 4.78 is 0. The van der Waals surface area contributed by atoms with Gasteiger partial charge in [-0.1, -0.05) is 105 Å². The van der Waals surface area contributed by atoms with Crippen LogP contribution in [0.2, 0.25) is 0 Å². The van der Waals surface area contributed by atoms with Crippen LogP contribution in [-0.2, 0) is 24.7 Å². The molecule has 2 atom stereocenters. The molecule has 204 valence electrons. The van der Waals surface area contributed by atoms with E-state index in [9.17, 15) is 19.2 Å². The maximum atomic E-state index is 13.6. The van der Waals surface area contributed by atoms with Gasteiger partial charge in [0.2, 0.25) is 17.7 Å². The van der Waals surface area contributed by atoms with Crippen LogP contribution in [-0.4, -0.2) is 35.6 Å². The molecule has 0 unspecified atom stereocenters. The molecule has 39 heavy (non-hydrogen) atoms. The zero-order chi connectivity index (χ0) is 28.4. The van der Waals surface area contributed by atoms with Gasteiger partial charge in [-0.25, -0.2) is 0 Å². The summed E-state index contributed by atoms with van der Waals surface area (Å²) in [6.45, 7) is 6.42. The molecule has 3 aromatic carbocycles. The molecular weight excluding hydrogens is 490 g/mol. The van der Waals surface area contributed by atoms with Gasteiger partial charge in [0.15, 0.2) is 5.78 Å². The van der Waals surface area contributed by atoms with Crippen molar-refractivity contribution in [2.45, 2.75) is 58.2 Å². The largest absolute Gasteiger partial charge is 0.345 e. The number of Topliss-reactive ketones (excluding diaryl/α,β-unsaturated/α-hetero) is 1. The normalized spacial score (nSPS) is 12.7. The molecule has 0 aliphatic carbocycles. The zero-order valence-electron chi connectivity index (χ0n) is 22.9. The summed E-state index contributed by atoms with van der Waals surface area (Å²) in [5.74, 6) is -1.64. The number of carbonyl (C=O) groups excluding carboxylic acids is 4. The van der Waals surface area contributed by atoms with E-state index in [0.29, 0.717) is 0 Å². The van der Waals surface area contributed by atoms with Gasteiger partial charge in [-0.05, 0) is 37.0 Å². The lowest BCUT2D eigenvalue weighted by Gasteiger charge is -2.37. The van der Waals surface area contributed by atoms with Gasteiger partial charge < -0.3 is 16.0 Å². The first-order valence-electron chi connectivity index (χ1n) is 13.2. The second-order valence-corrected chi connectivity index (χ2v) is 9.99. The second kappa shape index (κ2) is 13.5. The Kier molecular flexibility index (Phi) is 10.1. The minimum Gasteiger partial charge on any atom is -0.345 e. The molecule has 7 nitrogen and oxygen atoms in total. The van der Waals surface area contributed by atoms with Crippen molar-refractivity contribution in [1.29, 1.82) is 0 Å². The van der Waals surface area contributed by atoms with Gasteiger partial charge in [0.05, 0.1) is 6.04 Å². The minimum absolute atomic E-state index is 0.0286. The molecule has 0 aromatic heterocycles. The van der Waals surface area contributed by atoms with Gasteiger partial charge in [-0.2, -0.15) is 0 Å². The first-order valence-corrected chi connectivity index (χ1v) is 13.2. The predicted octanol–water partition coefficient (Wildman–Crippen LogP) is 4.11. The highest BCUT2D eigenvalue weighted by atomic mass is 16.2. The van der Waals surface area contributed by atoms with Crippen LogP contribution in [0.3, 0.4) is 0 Å². The van der Waals surface area contributed by atoms with E-state index in [-0.39, 0.29) is 36.4 Å². The summed E-state index contributed by atoms with van der Waals surface area (Å²) in [5, 5.41) is 8.64. The third-order valence-corrected chi connectivity index (χ3v) is 6.73. The van der Waals surface area contributed by atoms with Crippen molar-refractivity contribution < 1.29 is 19.2 Å². The fourth-order valence-corrected chi connectivity index (χ4v) is 4.35. The molecule has 7 heteroatoms. The van der Waals surface area contributed by atoms with Crippen molar-refractivity contribution in [3.05, 3.63) is 108 Å². The first kappa shape index (κ1) is 29.3. The fourth-order valence-electron chi connectivity index (χ4n) is 4.35. The van der Waals surface area contributed by atoms with E-state index in [2.05, 4.69) is 16.0 Å². The fraction of sp³-hybridized carbons (Fsp3) is 0.312. The highest BCUT2D eigenvalue weighted by Crippen LogP contribution is 2.36. The zero-order valence-corrected chi connectivity index (χ0v) is 22.9. The molecule has 3 N–H and O–H groups in total. The van der Waals surface area contributed by atoms with Gasteiger partial charge in [0.1, 0.15) is 11.6 Å². The average molecular weight is 528 g/mol. The van der Waals surface area contributed by atoms with Crippen molar-refractivity contribution in [1.82, 2.24) is 16.0 Å². The van der Waals surface area contributed by atoms with E-state index in [1.165, 1.54) is 6.92 Å². The van der Waals surface area contributed by atoms with E-state index < -0.39 is 23.5 Å². The number of nitrogens with one attached hydrogen (secondary N) is 3. The molecule has 0 saturated carbocycles. The topological polar surface area (TPSA) is 104 Å². The second-order valence-electron chi connectivity index (χ2n) is 9.99. The van der Waals surface area contributed by atoms with E-state index >= 15 is 0 Å². The molecule has 3 rings (SSSR count). The van der Waals surface area contributed by atoms with Crippen molar-refractivity contribution in [3.63, 3.8) is 0 Å². The molecule has 0 fully saturated rings. The van der Waals surface area contributed by atoms with Gasteiger partial charge >= 0.3 is 0 Å². The predicted molar refractivity (Wildman–Crippen MR) is 152 cm³/mol. The Morgan fingerprint density at radius 3 is 1.49 bits per heavy atom. The lowest BCUT2D eigenvalue weighted by Crippen LogP contribution is -2.52. The lowest BCUT2D eigenvalue weighted by atomic mass is 9.77. The minimum atomic E-state index is -0.983. The number of hydrogen-bond acceptors (Lipinski definition) is 4. The molecule has 0 heterocycles. The van der Waals surface area contributed by atoms with Gasteiger partial charge in [0.25, 0.3) is 0 Å². The molecule has 0 aliphatic rings. The maximum Gasteiger partial charge on any atom is 0.243 e. The van der Waals surface area contributed by atoms with Gasteiger partial charge in [0, 0.05) is 12.3 Å². The average Bonchev–Trinajstić information content (AvgIpc) is 2.95. The summed E-state index contributed by atoms with van der Waals surface area (Å²) in [6.07, 6.45) is 0.0361. The van der Waals surface area contributed by atoms with Crippen LogP contribution in [0.4, 0.5) is 0 Å². The van der Waals surface area contributed by atoms with Gasteiger partial charge in [-0.3, -0.25) is 19.2 Å². The highest BCUT2D eigenvalue weighted by molar-refractivity contribution is 5.92. The molecule has 0 bridgehead atoms. The quantitative estimate of drug-likeness (QED) is 0.308. The SMILES string of the molecule is CC(=O)[C@H](C)NC(=O)[C@H](CCC(=O)NC(c1ccccc1)(c1ccccc1)c1ccccc1)NC(=O)C(C)C. The number of ketones is 1. The van der Waals surface area contributed by atoms with Crippen LogP contribution in [0, 0.1) is 5.92 Å². The monoisotopic (exact) mass is 527 g/mol. The third-order valence-electron chi connectivity index (χ3n) is 6.73. The van der Waals surface area contributed by atoms with Crippen molar-refractivity contribution in [3.8, 4) is 0 Å². The van der Waals surface area contributed by atoms with E-state index in [0.717, 1.165) is 16.7 Å². The lowest BCUT2D eigenvalue weighted by molar-refractivity contribution is -0.132. The number of carbonyl (C=O) groups is 4. The highest BCUT2D eigenvalue weighted by Gasteiger charge is 2.38. The van der Waals surface area contributed by atoms with Crippen LogP contribution >= 0.6 is 0 Å². The number of rotatable bonds is 12. The Labute approximate surface area is 230 Å². The third kappa shape index (κ3) is 7.41. The standard InChI is InChI=1S/C32H37N3O4/c1-22(2)30(38)34-28(31(39)33-23(3)24(4)36)20-21-29(37)35-32(25-14-8-5-9-15-25,26-16-10-6-11-17-26)27-18-12-7-13-19-27/h5-19,22-23,28H,20-21H2,1-4H3,(H,33,39)(H,34,38)(H,35,37)/t23-,28-/m0/s1. The van der Waals surface area contributed by atoms with E-state index in [1.807, 2.05) is 91.0 Å². The van der Waals surface area contributed by atoms with Crippen LogP contribution < -0.4 is 16.0 Å². The Morgan fingerprint density at radius 2 is 1.10 bits per heavy atom. The van der Waals surface area contributed by atoms with Crippen LogP contribution in [0.5, 0.6) is 0 Å². The van der Waals surface area contributed by atoms with Crippen LogP contribution in [0.15, 0.2) is 91.0 Å². The Bertz CT molecular complexity index is 1160. The summed E-state index contributed by atoms with van der Waals surface area (Å²) in [6, 6.07) is 27.5. The van der Waals surface area contributed by atoms with E-state index in [1.54, 1.807) is 20.8 Å². The molecule has 0 saturated heterocycles. The number of benzene rings is 3. The molecule has 3 amide bonds.